The summed E-state index contributed by atoms with van der Waals surface area (Å²) in [6.07, 6.45) is 3.55. The second kappa shape index (κ2) is 8.44. The highest BCUT2D eigenvalue weighted by Crippen LogP contribution is 2.32. The molecule has 0 fully saturated rings. The van der Waals surface area contributed by atoms with Crippen molar-refractivity contribution in [3.8, 4) is 17.1 Å². The summed E-state index contributed by atoms with van der Waals surface area (Å²) in [6.45, 7) is 4.14. The molecule has 0 atom stereocenters. The largest absolute Gasteiger partial charge is 0.352 e. The van der Waals surface area contributed by atoms with Crippen molar-refractivity contribution < 1.29 is 0 Å². The Balaban J connectivity index is 1.86. The van der Waals surface area contributed by atoms with Crippen LogP contribution in [-0.4, -0.2) is 20.6 Å². The van der Waals surface area contributed by atoms with Crippen LogP contribution in [0.3, 0.4) is 0 Å². The summed E-state index contributed by atoms with van der Waals surface area (Å²) < 4.78 is 2.16. The molecule has 0 radical (unpaired) electrons. The molecule has 0 saturated carbocycles. The number of benzene rings is 3. The standard InChI is InChI=1S/C26H22ClN5/c1-17(2)29-22-15-26-23(14-21(22)30-18-8-7-13-28-16-18)31-20-10-4-6-12-25(20)32(26)24-11-5-3-9-19(24)27/h3-17,30H,1-2H3/b29-22+. The van der Waals surface area contributed by atoms with Gasteiger partial charge in [0.25, 0.3) is 0 Å². The minimum absolute atomic E-state index is 0.129. The number of para-hydroxylation sites is 3. The molecule has 5 nitrogen and oxygen atoms in total. The quantitative estimate of drug-likeness (QED) is 0.337. The number of hydrogen-bond donors (Lipinski definition) is 1. The molecular weight excluding hydrogens is 418 g/mol. The zero-order valence-corrected chi connectivity index (χ0v) is 18.6. The van der Waals surface area contributed by atoms with Crippen molar-refractivity contribution in [1.82, 2.24) is 14.5 Å². The Kier molecular flexibility index (Phi) is 5.33. The number of anilines is 2. The van der Waals surface area contributed by atoms with Gasteiger partial charge in [-0.25, -0.2) is 4.98 Å². The molecule has 2 heterocycles. The molecule has 2 aliphatic rings. The van der Waals surface area contributed by atoms with E-state index in [2.05, 4.69) is 40.8 Å². The van der Waals surface area contributed by atoms with Gasteiger partial charge >= 0.3 is 0 Å². The van der Waals surface area contributed by atoms with Crippen LogP contribution in [0.4, 0.5) is 11.4 Å². The third-order valence-corrected chi connectivity index (χ3v) is 5.45. The van der Waals surface area contributed by atoms with Crippen molar-refractivity contribution in [3.63, 3.8) is 0 Å². The van der Waals surface area contributed by atoms with Crippen LogP contribution in [0, 0.1) is 0 Å². The van der Waals surface area contributed by atoms with E-state index < -0.39 is 0 Å². The molecule has 0 saturated heterocycles. The molecular formula is C26H22ClN5. The summed E-state index contributed by atoms with van der Waals surface area (Å²) in [5.41, 5.74) is 6.34. The van der Waals surface area contributed by atoms with E-state index >= 15 is 0 Å². The number of hydrogen-bond acceptors (Lipinski definition) is 4. The summed E-state index contributed by atoms with van der Waals surface area (Å²) in [5, 5.41) is 4.99. The first-order chi connectivity index (χ1) is 15.6. The van der Waals surface area contributed by atoms with Gasteiger partial charge < -0.3 is 9.88 Å². The van der Waals surface area contributed by atoms with Crippen molar-refractivity contribution >= 4 is 34.0 Å². The van der Waals surface area contributed by atoms with Crippen molar-refractivity contribution in [2.45, 2.75) is 19.9 Å². The molecule has 3 aromatic rings. The number of pyridine rings is 1. The maximum Gasteiger partial charge on any atom is 0.0900 e. The van der Waals surface area contributed by atoms with Gasteiger partial charge in [0.2, 0.25) is 0 Å². The van der Waals surface area contributed by atoms with Gasteiger partial charge in [0.05, 0.1) is 56.1 Å². The van der Waals surface area contributed by atoms with Crippen LogP contribution in [0.1, 0.15) is 13.8 Å². The highest BCUT2D eigenvalue weighted by atomic mass is 35.5. The van der Waals surface area contributed by atoms with E-state index in [1.54, 1.807) is 12.4 Å². The zero-order valence-electron chi connectivity index (χ0n) is 17.8. The van der Waals surface area contributed by atoms with Crippen LogP contribution >= 0.6 is 11.6 Å². The Labute approximate surface area is 191 Å². The first-order valence-electron chi connectivity index (χ1n) is 10.5. The van der Waals surface area contributed by atoms with E-state index in [1.165, 1.54) is 0 Å². The third kappa shape index (κ3) is 3.83. The van der Waals surface area contributed by atoms with Gasteiger partial charge in [-0.05, 0) is 62.4 Å². The molecule has 1 aliphatic heterocycles. The molecule has 158 valence electrons. The Morgan fingerprint density at radius 1 is 0.969 bits per heavy atom. The Morgan fingerprint density at radius 2 is 1.78 bits per heavy atom. The number of nitrogens with zero attached hydrogens (tertiary/aromatic N) is 4. The van der Waals surface area contributed by atoms with Gasteiger partial charge in [0.1, 0.15) is 0 Å². The topological polar surface area (TPSA) is 55.1 Å². The molecule has 5 rings (SSSR count). The molecule has 1 aromatic heterocycles. The number of nitrogens with one attached hydrogen (secondary N) is 1. The van der Waals surface area contributed by atoms with Crippen LogP contribution < -0.4 is 10.7 Å². The summed E-state index contributed by atoms with van der Waals surface area (Å²) in [4.78, 5) is 14.1. The summed E-state index contributed by atoms with van der Waals surface area (Å²) in [5.74, 6) is 0. The molecule has 6 heteroatoms. The zero-order chi connectivity index (χ0) is 22.1. The molecule has 1 N–H and O–H groups in total. The van der Waals surface area contributed by atoms with Crippen molar-refractivity contribution in [3.05, 3.63) is 95.6 Å². The highest BCUT2D eigenvalue weighted by Gasteiger charge is 2.18. The average molecular weight is 440 g/mol. The van der Waals surface area contributed by atoms with Crippen molar-refractivity contribution in [2.75, 3.05) is 5.32 Å². The molecule has 0 bridgehead atoms. The SMILES string of the molecule is CC(C)/N=c1\cc2n(-c3ccccc3Cl)c3ccccc3nc-2cc1Nc1cccnc1. The molecule has 32 heavy (non-hydrogen) atoms. The smallest absolute Gasteiger partial charge is 0.0900 e. The maximum atomic E-state index is 6.64. The van der Waals surface area contributed by atoms with Gasteiger partial charge in [-0.2, -0.15) is 0 Å². The van der Waals surface area contributed by atoms with Crippen LogP contribution in [0.15, 0.2) is 90.2 Å². The minimum atomic E-state index is 0.129. The first kappa shape index (κ1) is 20.2. The maximum absolute atomic E-state index is 6.64. The van der Waals surface area contributed by atoms with Crippen molar-refractivity contribution in [2.24, 2.45) is 4.99 Å². The average Bonchev–Trinajstić information content (AvgIpc) is 2.79. The monoisotopic (exact) mass is 439 g/mol. The minimum Gasteiger partial charge on any atom is -0.352 e. The fraction of sp³-hybridized carbons (Fsp3) is 0.115. The van der Waals surface area contributed by atoms with Crippen LogP contribution in [0.25, 0.3) is 28.1 Å². The van der Waals surface area contributed by atoms with Gasteiger partial charge in [-0.3, -0.25) is 9.98 Å². The van der Waals surface area contributed by atoms with Gasteiger partial charge in [0, 0.05) is 12.2 Å². The Bertz CT molecular complexity index is 1440. The van der Waals surface area contributed by atoms with Crippen molar-refractivity contribution in [1.29, 1.82) is 0 Å². The molecule has 0 spiro atoms. The lowest BCUT2D eigenvalue weighted by atomic mass is 10.1. The fourth-order valence-corrected chi connectivity index (χ4v) is 4.03. The van der Waals surface area contributed by atoms with Gasteiger partial charge in [0.15, 0.2) is 0 Å². The number of aromatic nitrogens is 3. The Morgan fingerprint density at radius 3 is 2.56 bits per heavy atom. The van der Waals surface area contributed by atoms with E-state index in [-0.39, 0.29) is 6.04 Å². The normalized spacial score (nSPS) is 12.1. The number of fused-ring (bicyclic) bond motifs is 2. The van der Waals surface area contributed by atoms with Gasteiger partial charge in [-0.1, -0.05) is 35.9 Å². The third-order valence-electron chi connectivity index (χ3n) is 5.13. The van der Waals surface area contributed by atoms with E-state index in [4.69, 9.17) is 21.6 Å². The molecule has 0 unspecified atom stereocenters. The molecule has 0 amide bonds. The van der Waals surface area contributed by atoms with E-state index in [0.29, 0.717) is 5.02 Å². The number of halogens is 1. The van der Waals surface area contributed by atoms with Crippen LogP contribution in [0.5, 0.6) is 0 Å². The Hall–Kier alpha value is -3.70. The fourth-order valence-electron chi connectivity index (χ4n) is 3.81. The van der Waals surface area contributed by atoms with E-state index in [1.807, 2.05) is 60.7 Å². The number of rotatable bonds is 4. The lowest BCUT2D eigenvalue weighted by Crippen LogP contribution is -2.16. The predicted molar refractivity (Wildman–Crippen MR) is 131 cm³/mol. The van der Waals surface area contributed by atoms with E-state index in [9.17, 15) is 0 Å². The first-order valence-corrected chi connectivity index (χ1v) is 10.9. The second-order valence-corrected chi connectivity index (χ2v) is 8.24. The summed E-state index contributed by atoms with van der Waals surface area (Å²) in [7, 11) is 0. The van der Waals surface area contributed by atoms with Gasteiger partial charge in [-0.15, -0.1) is 0 Å². The lowest BCUT2D eigenvalue weighted by molar-refractivity contribution is 0.806. The molecule has 1 aliphatic carbocycles. The van der Waals surface area contributed by atoms with Crippen LogP contribution in [0.2, 0.25) is 5.02 Å². The second-order valence-electron chi connectivity index (χ2n) is 7.83. The highest BCUT2D eigenvalue weighted by molar-refractivity contribution is 6.32. The molecule has 2 aromatic carbocycles. The predicted octanol–water partition coefficient (Wildman–Crippen LogP) is 6.23. The summed E-state index contributed by atoms with van der Waals surface area (Å²) >= 11 is 6.64. The van der Waals surface area contributed by atoms with Crippen LogP contribution in [-0.2, 0) is 0 Å². The summed E-state index contributed by atoms with van der Waals surface area (Å²) in [6, 6.07) is 24.1. The lowest BCUT2D eigenvalue weighted by Gasteiger charge is -2.21. The van der Waals surface area contributed by atoms with E-state index in [0.717, 1.165) is 44.8 Å².